The minimum Gasteiger partial charge on any atom is -0.361 e. The first-order valence-corrected chi connectivity index (χ1v) is 10.9. The number of aromatic amines is 1. The average molecular weight is 454 g/mol. The SMILES string of the molecule is O=C(C=CCl)Nc1ccc2ncnc(N(Cc3ccccc3)c3ccc4cc[nH]c4c3)c2c1. The Labute approximate surface area is 195 Å². The number of halogens is 1. The number of aromatic nitrogens is 3. The van der Waals surface area contributed by atoms with Crippen LogP contribution < -0.4 is 10.2 Å². The lowest BCUT2D eigenvalue weighted by molar-refractivity contribution is -0.111. The number of hydrogen-bond donors (Lipinski definition) is 2. The van der Waals surface area contributed by atoms with E-state index in [9.17, 15) is 4.79 Å². The van der Waals surface area contributed by atoms with E-state index in [4.69, 9.17) is 11.6 Å². The first-order chi connectivity index (χ1) is 16.2. The Bertz CT molecular complexity index is 1460. The Morgan fingerprint density at radius 1 is 1.03 bits per heavy atom. The normalized spacial score (nSPS) is 11.3. The highest BCUT2D eigenvalue weighted by Crippen LogP contribution is 2.34. The summed E-state index contributed by atoms with van der Waals surface area (Å²) in [5.74, 6) is 0.444. The molecule has 162 valence electrons. The number of nitrogens with zero attached hydrogens (tertiary/aromatic N) is 3. The predicted molar refractivity (Wildman–Crippen MR) is 134 cm³/mol. The summed E-state index contributed by atoms with van der Waals surface area (Å²) >= 11 is 5.53. The van der Waals surface area contributed by atoms with Crippen molar-refractivity contribution in [3.63, 3.8) is 0 Å². The maximum absolute atomic E-state index is 12.0. The topological polar surface area (TPSA) is 73.9 Å². The van der Waals surface area contributed by atoms with Gasteiger partial charge in [-0.05, 0) is 47.3 Å². The number of carbonyl (C=O) groups excluding carboxylic acids is 1. The first kappa shape index (κ1) is 20.7. The third kappa shape index (κ3) is 4.42. The second-order valence-corrected chi connectivity index (χ2v) is 7.78. The van der Waals surface area contributed by atoms with Crippen LogP contribution in [0.25, 0.3) is 21.8 Å². The molecule has 0 atom stereocenters. The molecule has 0 saturated heterocycles. The molecule has 5 rings (SSSR count). The number of anilines is 3. The van der Waals surface area contributed by atoms with Gasteiger partial charge in [0.05, 0.1) is 5.52 Å². The molecule has 2 N–H and O–H groups in total. The van der Waals surface area contributed by atoms with Crippen LogP contribution in [0.5, 0.6) is 0 Å². The van der Waals surface area contributed by atoms with Gasteiger partial charge in [-0.25, -0.2) is 9.97 Å². The van der Waals surface area contributed by atoms with E-state index in [-0.39, 0.29) is 5.91 Å². The molecule has 7 heteroatoms. The van der Waals surface area contributed by atoms with Gasteiger partial charge < -0.3 is 15.2 Å². The molecule has 2 heterocycles. The van der Waals surface area contributed by atoms with E-state index in [2.05, 4.69) is 55.5 Å². The Morgan fingerprint density at radius 2 is 1.91 bits per heavy atom. The van der Waals surface area contributed by atoms with Crippen LogP contribution in [0.15, 0.2) is 96.9 Å². The van der Waals surface area contributed by atoms with E-state index in [1.165, 1.54) is 11.6 Å². The van der Waals surface area contributed by atoms with Crippen molar-refractivity contribution < 1.29 is 4.79 Å². The molecular formula is C26H20ClN5O. The van der Waals surface area contributed by atoms with Crippen molar-refractivity contribution in [2.45, 2.75) is 6.54 Å². The predicted octanol–water partition coefficient (Wildman–Crippen LogP) is 6.14. The van der Waals surface area contributed by atoms with Crippen molar-refractivity contribution in [2.75, 3.05) is 10.2 Å². The smallest absolute Gasteiger partial charge is 0.249 e. The fourth-order valence-electron chi connectivity index (χ4n) is 3.84. The van der Waals surface area contributed by atoms with Crippen LogP contribution in [0, 0.1) is 0 Å². The van der Waals surface area contributed by atoms with Crippen molar-refractivity contribution in [1.29, 1.82) is 0 Å². The van der Waals surface area contributed by atoms with Crippen LogP contribution in [0.3, 0.4) is 0 Å². The Balaban J connectivity index is 1.64. The molecule has 0 spiro atoms. The molecule has 0 unspecified atom stereocenters. The molecule has 3 aromatic carbocycles. The molecule has 2 aromatic heterocycles. The minimum atomic E-state index is -0.305. The van der Waals surface area contributed by atoms with Gasteiger partial charge in [0.25, 0.3) is 0 Å². The molecule has 0 aliphatic rings. The highest BCUT2D eigenvalue weighted by atomic mass is 35.5. The summed E-state index contributed by atoms with van der Waals surface area (Å²) in [6.45, 7) is 0.616. The lowest BCUT2D eigenvalue weighted by Gasteiger charge is -2.25. The van der Waals surface area contributed by atoms with Gasteiger partial charge in [-0.15, -0.1) is 0 Å². The Morgan fingerprint density at radius 3 is 2.76 bits per heavy atom. The summed E-state index contributed by atoms with van der Waals surface area (Å²) in [6, 6.07) is 24.1. The first-order valence-electron chi connectivity index (χ1n) is 10.4. The number of amides is 1. The molecule has 0 radical (unpaired) electrons. The molecule has 33 heavy (non-hydrogen) atoms. The monoisotopic (exact) mass is 453 g/mol. The molecular weight excluding hydrogens is 434 g/mol. The van der Waals surface area contributed by atoms with Crippen LogP contribution in [0.4, 0.5) is 17.2 Å². The summed E-state index contributed by atoms with van der Waals surface area (Å²) in [5.41, 5.74) is 5.79. The summed E-state index contributed by atoms with van der Waals surface area (Å²) in [5, 5.41) is 4.79. The number of fused-ring (bicyclic) bond motifs is 2. The van der Waals surface area contributed by atoms with Gasteiger partial charge in [-0.1, -0.05) is 48.0 Å². The van der Waals surface area contributed by atoms with Gasteiger partial charge in [0.2, 0.25) is 5.91 Å². The number of H-pyrrole nitrogens is 1. The second-order valence-electron chi connectivity index (χ2n) is 7.53. The molecule has 0 aliphatic carbocycles. The second kappa shape index (κ2) is 9.14. The van der Waals surface area contributed by atoms with Crippen molar-refractivity contribution in [2.24, 2.45) is 0 Å². The van der Waals surface area contributed by atoms with E-state index in [0.717, 1.165) is 38.9 Å². The largest absolute Gasteiger partial charge is 0.361 e. The molecule has 5 aromatic rings. The van der Waals surface area contributed by atoms with Crippen molar-refractivity contribution in [1.82, 2.24) is 15.0 Å². The fraction of sp³-hybridized carbons (Fsp3) is 0.0385. The number of carbonyl (C=O) groups is 1. The van der Waals surface area contributed by atoms with Crippen molar-refractivity contribution >= 4 is 56.5 Å². The molecule has 6 nitrogen and oxygen atoms in total. The third-order valence-electron chi connectivity index (χ3n) is 5.39. The van der Waals surface area contributed by atoms with E-state index in [0.29, 0.717) is 12.2 Å². The summed E-state index contributed by atoms with van der Waals surface area (Å²) in [4.78, 5) is 26.5. The Kier molecular flexibility index (Phi) is 5.74. The van der Waals surface area contributed by atoms with Gasteiger partial charge in [-0.3, -0.25) is 4.79 Å². The maximum atomic E-state index is 12.0. The number of hydrogen-bond acceptors (Lipinski definition) is 4. The van der Waals surface area contributed by atoms with E-state index >= 15 is 0 Å². The number of nitrogens with one attached hydrogen (secondary N) is 2. The molecule has 0 fully saturated rings. The molecule has 0 aliphatic heterocycles. The zero-order chi connectivity index (χ0) is 22.6. The fourth-order valence-corrected chi connectivity index (χ4v) is 3.95. The van der Waals surface area contributed by atoms with E-state index < -0.39 is 0 Å². The maximum Gasteiger partial charge on any atom is 0.249 e. The highest BCUT2D eigenvalue weighted by Gasteiger charge is 2.17. The van der Waals surface area contributed by atoms with Crippen LogP contribution >= 0.6 is 11.6 Å². The average Bonchev–Trinajstić information content (AvgIpc) is 3.31. The minimum absolute atomic E-state index is 0.305. The van der Waals surface area contributed by atoms with Crippen LogP contribution in [-0.4, -0.2) is 20.9 Å². The molecule has 0 bridgehead atoms. The van der Waals surface area contributed by atoms with Crippen molar-refractivity contribution in [3.05, 3.63) is 102 Å². The van der Waals surface area contributed by atoms with Crippen LogP contribution in [0.2, 0.25) is 0 Å². The van der Waals surface area contributed by atoms with Gasteiger partial charge in [0, 0.05) is 46.6 Å². The molecule has 0 saturated carbocycles. The summed E-state index contributed by atoms with van der Waals surface area (Å²) < 4.78 is 0. The van der Waals surface area contributed by atoms with Gasteiger partial charge >= 0.3 is 0 Å². The van der Waals surface area contributed by atoms with Crippen LogP contribution in [0.1, 0.15) is 5.56 Å². The quantitative estimate of drug-likeness (QED) is 0.303. The zero-order valence-electron chi connectivity index (χ0n) is 17.6. The standard InChI is InChI=1S/C26H20ClN5O/c27-12-10-25(33)31-20-7-9-23-22(14-20)26(30-17-29-23)32(16-18-4-2-1-3-5-18)21-8-6-19-11-13-28-24(19)15-21/h1-15,17,28H,16H2,(H,31,33). The van der Waals surface area contributed by atoms with Gasteiger partial charge in [0.1, 0.15) is 12.1 Å². The lowest BCUT2D eigenvalue weighted by Crippen LogP contribution is -2.18. The summed E-state index contributed by atoms with van der Waals surface area (Å²) in [6.07, 6.45) is 4.76. The van der Waals surface area contributed by atoms with Crippen molar-refractivity contribution in [3.8, 4) is 0 Å². The number of rotatable bonds is 6. The summed E-state index contributed by atoms with van der Waals surface area (Å²) in [7, 11) is 0. The van der Waals surface area contributed by atoms with Gasteiger partial charge in [0.15, 0.2) is 0 Å². The van der Waals surface area contributed by atoms with Gasteiger partial charge in [-0.2, -0.15) is 0 Å². The third-order valence-corrected chi connectivity index (χ3v) is 5.51. The lowest BCUT2D eigenvalue weighted by atomic mass is 10.1. The zero-order valence-corrected chi connectivity index (χ0v) is 18.3. The van der Waals surface area contributed by atoms with E-state index in [1.54, 1.807) is 6.33 Å². The van der Waals surface area contributed by atoms with Crippen LogP contribution in [-0.2, 0) is 11.3 Å². The Hall–Kier alpha value is -4.16. The highest BCUT2D eigenvalue weighted by molar-refractivity contribution is 6.27. The molecule has 1 amide bonds. The number of benzene rings is 3. The van der Waals surface area contributed by atoms with E-state index in [1.807, 2.05) is 48.7 Å².